The Morgan fingerprint density at radius 2 is 1.53 bits per heavy atom. The highest BCUT2D eigenvalue weighted by Gasteiger charge is 2.62. The number of carbonyl (C=O) groups excluding carboxylic acids is 3. The third kappa shape index (κ3) is 4.97. The highest BCUT2D eigenvalue weighted by molar-refractivity contribution is 8.00. The van der Waals surface area contributed by atoms with Gasteiger partial charge in [0, 0.05) is 24.7 Å². The van der Waals surface area contributed by atoms with Crippen LogP contribution in [0.5, 0.6) is 0 Å². The average Bonchev–Trinajstić information content (AvgIpc) is 2.95. The highest BCUT2D eigenvalue weighted by atomic mass is 32.2. The van der Waals surface area contributed by atoms with Gasteiger partial charge < -0.3 is 15.2 Å². The molecule has 38 heavy (non-hydrogen) atoms. The normalized spacial score (nSPS) is 20.6. The largest absolute Gasteiger partial charge is 0.461 e. The Labute approximate surface area is 225 Å². The topological polar surface area (TPSA) is 98.9 Å². The van der Waals surface area contributed by atoms with E-state index in [2.05, 4.69) is 0 Å². The number of carbonyl (C=O) groups is 3. The molecule has 2 heterocycles. The van der Waals surface area contributed by atoms with E-state index >= 15 is 0 Å². The Morgan fingerprint density at radius 1 is 0.974 bits per heavy atom. The van der Waals surface area contributed by atoms with E-state index in [4.69, 9.17) is 15.2 Å². The van der Waals surface area contributed by atoms with Crippen molar-refractivity contribution in [1.82, 2.24) is 4.90 Å². The van der Waals surface area contributed by atoms with Crippen molar-refractivity contribution in [2.24, 2.45) is 5.73 Å². The summed E-state index contributed by atoms with van der Waals surface area (Å²) >= 11 is 1.46. The number of nitrogens with zero attached hydrogens (tertiary/aromatic N) is 1. The van der Waals surface area contributed by atoms with E-state index in [1.165, 1.54) is 23.6 Å². The molecule has 0 radical (unpaired) electrons. The standard InChI is InChI=1S/C30H28N2O5S/c1-20(33)36-18-24-19-38-29-30(31,17-21-11-5-2-6-12-21)28(35)32(29)25(24)27(34)37-26(22-13-7-3-8-14-22)23-15-9-4-10-16-23/h2-16,26,29H,17-19,31H2,1H3/t29-,30?/m1/s1. The van der Waals surface area contributed by atoms with Crippen LogP contribution in [0.15, 0.2) is 102 Å². The Bertz CT molecular complexity index is 1320. The molecule has 2 atom stereocenters. The van der Waals surface area contributed by atoms with E-state index in [0.717, 1.165) is 16.7 Å². The van der Waals surface area contributed by atoms with Gasteiger partial charge in [-0.3, -0.25) is 14.5 Å². The van der Waals surface area contributed by atoms with Gasteiger partial charge in [-0.05, 0) is 16.7 Å². The van der Waals surface area contributed by atoms with E-state index in [0.29, 0.717) is 17.7 Å². The summed E-state index contributed by atoms with van der Waals surface area (Å²) in [5.41, 5.74) is 8.66. The van der Waals surface area contributed by atoms with Crippen LogP contribution in [0.2, 0.25) is 0 Å². The summed E-state index contributed by atoms with van der Waals surface area (Å²) in [6.45, 7) is 1.19. The molecule has 2 aliphatic rings. The van der Waals surface area contributed by atoms with Crippen molar-refractivity contribution in [3.63, 3.8) is 0 Å². The number of esters is 2. The van der Waals surface area contributed by atoms with E-state index in [-0.39, 0.29) is 18.2 Å². The van der Waals surface area contributed by atoms with Crippen LogP contribution in [0.3, 0.4) is 0 Å². The van der Waals surface area contributed by atoms with Crippen LogP contribution in [0.25, 0.3) is 0 Å². The van der Waals surface area contributed by atoms with Crippen LogP contribution in [0, 0.1) is 0 Å². The van der Waals surface area contributed by atoms with Crippen LogP contribution in [0.1, 0.15) is 29.7 Å². The Hall–Kier alpha value is -3.88. The number of benzene rings is 3. The molecular weight excluding hydrogens is 500 g/mol. The predicted molar refractivity (Wildman–Crippen MR) is 145 cm³/mol. The quantitative estimate of drug-likeness (QED) is 0.349. The number of amides is 1. The number of hydrogen-bond acceptors (Lipinski definition) is 7. The van der Waals surface area contributed by atoms with Crippen LogP contribution < -0.4 is 5.73 Å². The predicted octanol–water partition coefficient (Wildman–Crippen LogP) is 3.99. The van der Waals surface area contributed by atoms with Gasteiger partial charge in [0.2, 0.25) is 0 Å². The summed E-state index contributed by atoms with van der Waals surface area (Å²) in [5, 5.41) is -0.453. The average molecular weight is 529 g/mol. The molecule has 2 N–H and O–H groups in total. The molecule has 2 aliphatic heterocycles. The number of hydrogen-bond donors (Lipinski definition) is 1. The summed E-state index contributed by atoms with van der Waals surface area (Å²) in [6.07, 6.45) is -0.345. The van der Waals surface area contributed by atoms with Crippen LogP contribution in [-0.2, 0) is 30.3 Å². The van der Waals surface area contributed by atoms with Crippen molar-refractivity contribution in [3.8, 4) is 0 Å². The number of rotatable bonds is 8. The molecule has 7 nitrogen and oxygen atoms in total. The molecule has 0 spiro atoms. The molecule has 0 aliphatic carbocycles. The molecular formula is C30H28N2O5S. The Balaban J connectivity index is 1.48. The zero-order valence-corrected chi connectivity index (χ0v) is 21.7. The first kappa shape index (κ1) is 25.8. The van der Waals surface area contributed by atoms with Gasteiger partial charge in [-0.25, -0.2) is 4.79 Å². The summed E-state index contributed by atoms with van der Waals surface area (Å²) in [7, 11) is 0. The zero-order valence-electron chi connectivity index (χ0n) is 20.9. The fourth-order valence-electron chi connectivity index (χ4n) is 4.85. The molecule has 3 aromatic rings. The molecule has 1 saturated heterocycles. The lowest BCUT2D eigenvalue weighted by atomic mass is 9.81. The van der Waals surface area contributed by atoms with Crippen LogP contribution in [-0.4, -0.2) is 46.0 Å². The molecule has 8 heteroatoms. The third-order valence-electron chi connectivity index (χ3n) is 6.70. The molecule has 5 rings (SSSR count). The van der Waals surface area contributed by atoms with Crippen molar-refractivity contribution < 1.29 is 23.9 Å². The highest BCUT2D eigenvalue weighted by Crippen LogP contribution is 2.47. The van der Waals surface area contributed by atoms with Crippen molar-refractivity contribution in [2.45, 2.75) is 30.4 Å². The molecule has 194 valence electrons. The number of ether oxygens (including phenoxy) is 2. The SMILES string of the molecule is CC(=O)OCC1=C(C(=O)OC(c2ccccc2)c2ccccc2)N2C(=O)C(N)(Cc3ccccc3)[C@H]2SC1. The second-order valence-corrected chi connectivity index (χ2v) is 10.4. The lowest BCUT2D eigenvalue weighted by molar-refractivity contribution is -0.158. The first-order chi connectivity index (χ1) is 18.4. The van der Waals surface area contributed by atoms with E-state index in [1.54, 1.807) is 0 Å². The summed E-state index contributed by atoms with van der Waals surface area (Å²) in [5.74, 6) is -1.12. The number of fused-ring (bicyclic) bond motifs is 1. The smallest absolute Gasteiger partial charge is 0.356 e. The summed E-state index contributed by atoms with van der Waals surface area (Å²) in [6, 6.07) is 28.4. The van der Waals surface area contributed by atoms with E-state index in [1.807, 2.05) is 91.0 Å². The van der Waals surface area contributed by atoms with Gasteiger partial charge in [0.05, 0.1) is 0 Å². The zero-order chi connectivity index (χ0) is 26.7. The van der Waals surface area contributed by atoms with Gasteiger partial charge in [0.1, 0.15) is 23.2 Å². The molecule has 3 aromatic carbocycles. The lowest BCUT2D eigenvalue weighted by Gasteiger charge is -2.56. The van der Waals surface area contributed by atoms with Gasteiger partial charge in [-0.1, -0.05) is 91.0 Å². The third-order valence-corrected chi connectivity index (χ3v) is 8.16. The molecule has 0 aromatic heterocycles. The number of thioether (sulfide) groups is 1. The first-order valence-electron chi connectivity index (χ1n) is 12.3. The Kier molecular flexibility index (Phi) is 7.35. The van der Waals surface area contributed by atoms with Gasteiger partial charge >= 0.3 is 11.9 Å². The van der Waals surface area contributed by atoms with E-state index in [9.17, 15) is 14.4 Å². The van der Waals surface area contributed by atoms with Crippen molar-refractivity contribution >= 4 is 29.6 Å². The van der Waals surface area contributed by atoms with Crippen molar-refractivity contribution in [2.75, 3.05) is 12.4 Å². The number of nitrogens with two attached hydrogens (primary N) is 1. The lowest BCUT2D eigenvalue weighted by Crippen LogP contribution is -2.78. The van der Waals surface area contributed by atoms with E-state index < -0.39 is 29.0 Å². The molecule has 0 bridgehead atoms. The molecule has 0 saturated carbocycles. The maximum absolute atomic E-state index is 13.9. The monoisotopic (exact) mass is 528 g/mol. The fraction of sp³-hybridized carbons (Fsp3) is 0.233. The van der Waals surface area contributed by atoms with Gasteiger partial charge in [-0.15, -0.1) is 11.8 Å². The maximum atomic E-state index is 13.9. The van der Waals surface area contributed by atoms with Gasteiger partial charge in [-0.2, -0.15) is 0 Å². The second kappa shape index (κ2) is 10.8. The molecule has 1 amide bonds. The van der Waals surface area contributed by atoms with Gasteiger partial charge in [0.25, 0.3) is 5.91 Å². The number of β-lactam (4-membered cyclic amide) rings is 1. The summed E-state index contributed by atoms with van der Waals surface area (Å²) in [4.78, 5) is 40.4. The van der Waals surface area contributed by atoms with Crippen LogP contribution in [0.4, 0.5) is 0 Å². The second-order valence-electron chi connectivity index (χ2n) is 9.38. The van der Waals surface area contributed by atoms with Crippen LogP contribution >= 0.6 is 11.8 Å². The molecule has 1 fully saturated rings. The summed E-state index contributed by atoms with van der Waals surface area (Å²) < 4.78 is 11.3. The fourth-order valence-corrected chi connectivity index (χ4v) is 6.26. The van der Waals surface area contributed by atoms with Gasteiger partial charge in [0.15, 0.2) is 6.10 Å². The molecule has 1 unspecified atom stereocenters. The minimum Gasteiger partial charge on any atom is -0.461 e. The maximum Gasteiger partial charge on any atom is 0.356 e. The minimum absolute atomic E-state index is 0.103. The Morgan fingerprint density at radius 3 is 2.08 bits per heavy atom. The first-order valence-corrected chi connectivity index (χ1v) is 13.4. The minimum atomic E-state index is -1.16. The van der Waals surface area contributed by atoms with Crippen molar-refractivity contribution in [1.29, 1.82) is 0 Å². The van der Waals surface area contributed by atoms with Crippen molar-refractivity contribution in [3.05, 3.63) is 119 Å².